The average molecular weight is 392 g/mol. The highest BCUT2D eigenvalue weighted by atomic mass is 35.5. The zero-order chi connectivity index (χ0) is 17.6. The molecule has 0 saturated heterocycles. The summed E-state index contributed by atoms with van der Waals surface area (Å²) in [5.41, 5.74) is 1.84. The first-order valence-electron chi connectivity index (χ1n) is 7.34. The Bertz CT molecular complexity index is 1220. The van der Waals surface area contributed by atoms with Gasteiger partial charge in [0, 0.05) is 16.5 Å². The Kier molecular flexibility index (Phi) is 3.87. The molecule has 1 heterocycles. The number of hydrogen-bond donors (Lipinski definition) is 1. The van der Waals surface area contributed by atoms with Crippen LogP contribution in [0, 0.1) is 0 Å². The molecule has 4 nitrogen and oxygen atoms in total. The standard InChI is InChI=1S/C18H11Cl2NO3S/c19-14-5-3-7-17(18(14)20)25(22,23)21-11-8-9-16-13(10-11)12-4-1-2-6-15(12)24-16/h1-10,21H. The molecule has 3 aromatic carbocycles. The lowest BCUT2D eigenvalue weighted by molar-refractivity contribution is 0.601. The third-order valence-electron chi connectivity index (χ3n) is 3.83. The highest BCUT2D eigenvalue weighted by Gasteiger charge is 2.20. The van der Waals surface area contributed by atoms with E-state index in [1.165, 1.54) is 18.2 Å². The monoisotopic (exact) mass is 391 g/mol. The van der Waals surface area contributed by atoms with Crippen LogP contribution in [0.25, 0.3) is 21.9 Å². The van der Waals surface area contributed by atoms with E-state index in [0.717, 1.165) is 16.4 Å². The van der Waals surface area contributed by atoms with E-state index in [0.29, 0.717) is 11.3 Å². The molecule has 0 aliphatic carbocycles. The maximum Gasteiger partial charge on any atom is 0.263 e. The molecule has 0 fully saturated rings. The third-order valence-corrected chi connectivity index (χ3v) is 6.19. The number of furan rings is 1. The Hall–Kier alpha value is -2.21. The fourth-order valence-electron chi connectivity index (χ4n) is 2.69. The minimum Gasteiger partial charge on any atom is -0.456 e. The zero-order valence-corrected chi connectivity index (χ0v) is 15.0. The second-order valence-corrected chi connectivity index (χ2v) is 7.90. The van der Waals surface area contributed by atoms with Gasteiger partial charge < -0.3 is 4.42 Å². The van der Waals surface area contributed by atoms with Gasteiger partial charge in [-0.1, -0.05) is 47.5 Å². The molecule has 0 amide bonds. The number of halogens is 2. The summed E-state index contributed by atoms with van der Waals surface area (Å²) in [6, 6.07) is 17.2. The van der Waals surface area contributed by atoms with E-state index in [1.54, 1.807) is 18.2 Å². The number of hydrogen-bond acceptors (Lipinski definition) is 3. The lowest BCUT2D eigenvalue weighted by Crippen LogP contribution is -2.13. The number of anilines is 1. The number of benzene rings is 3. The van der Waals surface area contributed by atoms with E-state index in [4.69, 9.17) is 27.6 Å². The van der Waals surface area contributed by atoms with Crippen LogP contribution < -0.4 is 4.72 Å². The molecule has 7 heteroatoms. The van der Waals surface area contributed by atoms with E-state index >= 15 is 0 Å². The molecule has 0 unspecified atom stereocenters. The maximum atomic E-state index is 12.6. The van der Waals surface area contributed by atoms with Gasteiger partial charge in [0.25, 0.3) is 10.0 Å². The molecule has 0 saturated carbocycles. The van der Waals surface area contributed by atoms with Crippen molar-refractivity contribution in [2.45, 2.75) is 4.90 Å². The van der Waals surface area contributed by atoms with Crippen LogP contribution in [0.5, 0.6) is 0 Å². The van der Waals surface area contributed by atoms with Crippen LogP contribution in [0.4, 0.5) is 5.69 Å². The van der Waals surface area contributed by atoms with E-state index < -0.39 is 10.0 Å². The van der Waals surface area contributed by atoms with Gasteiger partial charge in [-0.2, -0.15) is 0 Å². The Labute approximate surface area is 154 Å². The van der Waals surface area contributed by atoms with Crippen LogP contribution in [-0.4, -0.2) is 8.42 Å². The van der Waals surface area contributed by atoms with Crippen LogP contribution in [0.15, 0.2) is 70.0 Å². The third kappa shape index (κ3) is 2.84. The first kappa shape index (κ1) is 16.3. The fraction of sp³-hybridized carbons (Fsp3) is 0. The molecular weight excluding hydrogens is 381 g/mol. The van der Waals surface area contributed by atoms with Gasteiger partial charge in [-0.05, 0) is 36.4 Å². The summed E-state index contributed by atoms with van der Waals surface area (Å²) in [5, 5.41) is 1.92. The largest absolute Gasteiger partial charge is 0.456 e. The summed E-state index contributed by atoms with van der Waals surface area (Å²) in [5.74, 6) is 0. The first-order valence-corrected chi connectivity index (χ1v) is 9.58. The summed E-state index contributed by atoms with van der Waals surface area (Å²) < 4.78 is 33.5. The summed E-state index contributed by atoms with van der Waals surface area (Å²) in [7, 11) is -3.87. The lowest BCUT2D eigenvalue weighted by Gasteiger charge is -2.10. The van der Waals surface area contributed by atoms with Gasteiger partial charge in [-0.25, -0.2) is 8.42 Å². The van der Waals surface area contributed by atoms with Crippen molar-refractivity contribution >= 4 is 60.9 Å². The molecular formula is C18H11Cl2NO3S. The topological polar surface area (TPSA) is 59.3 Å². The first-order chi connectivity index (χ1) is 12.0. The molecule has 126 valence electrons. The van der Waals surface area contributed by atoms with Crippen LogP contribution >= 0.6 is 23.2 Å². The number of para-hydroxylation sites is 1. The van der Waals surface area contributed by atoms with Crippen molar-refractivity contribution in [3.63, 3.8) is 0 Å². The van der Waals surface area contributed by atoms with Crippen LogP contribution in [-0.2, 0) is 10.0 Å². The number of sulfonamides is 1. The van der Waals surface area contributed by atoms with Crippen molar-refractivity contribution in [2.75, 3.05) is 4.72 Å². The normalized spacial score (nSPS) is 11.9. The Morgan fingerprint density at radius 1 is 0.840 bits per heavy atom. The minimum absolute atomic E-state index is 0.00787. The number of nitrogens with one attached hydrogen (secondary N) is 1. The van der Waals surface area contributed by atoms with E-state index in [-0.39, 0.29) is 14.9 Å². The second-order valence-electron chi connectivity index (χ2n) is 5.47. The summed E-state index contributed by atoms with van der Waals surface area (Å²) in [6.45, 7) is 0. The summed E-state index contributed by atoms with van der Waals surface area (Å²) >= 11 is 11.9. The van der Waals surface area contributed by atoms with Gasteiger partial charge in [0.2, 0.25) is 0 Å². The van der Waals surface area contributed by atoms with E-state index in [2.05, 4.69) is 4.72 Å². The van der Waals surface area contributed by atoms with Crippen LogP contribution in [0.1, 0.15) is 0 Å². The SMILES string of the molecule is O=S(=O)(Nc1ccc2oc3ccccc3c2c1)c1cccc(Cl)c1Cl. The van der Waals surface area contributed by atoms with E-state index in [9.17, 15) is 8.42 Å². The minimum atomic E-state index is -3.87. The smallest absolute Gasteiger partial charge is 0.263 e. The van der Waals surface area contributed by atoms with Gasteiger partial charge in [0.15, 0.2) is 0 Å². The Morgan fingerprint density at radius 2 is 1.60 bits per heavy atom. The van der Waals surface area contributed by atoms with Crippen LogP contribution in [0.2, 0.25) is 10.0 Å². The Balaban J connectivity index is 1.79. The van der Waals surface area contributed by atoms with Crippen molar-refractivity contribution in [2.24, 2.45) is 0 Å². The van der Waals surface area contributed by atoms with Crippen LogP contribution in [0.3, 0.4) is 0 Å². The fourth-order valence-corrected chi connectivity index (χ4v) is 4.50. The van der Waals surface area contributed by atoms with Crippen molar-refractivity contribution in [3.8, 4) is 0 Å². The molecule has 0 radical (unpaired) electrons. The van der Waals surface area contributed by atoms with Gasteiger partial charge in [0.05, 0.1) is 10.0 Å². The molecule has 25 heavy (non-hydrogen) atoms. The highest BCUT2D eigenvalue weighted by Crippen LogP contribution is 2.33. The van der Waals surface area contributed by atoms with Crippen molar-refractivity contribution in [1.29, 1.82) is 0 Å². The van der Waals surface area contributed by atoms with Gasteiger partial charge in [-0.15, -0.1) is 0 Å². The number of rotatable bonds is 3. The second kappa shape index (κ2) is 5.95. The van der Waals surface area contributed by atoms with Crippen molar-refractivity contribution < 1.29 is 12.8 Å². The predicted octanol–water partition coefficient (Wildman–Crippen LogP) is 5.69. The zero-order valence-electron chi connectivity index (χ0n) is 12.7. The van der Waals surface area contributed by atoms with Crippen molar-refractivity contribution in [3.05, 3.63) is 70.7 Å². The van der Waals surface area contributed by atoms with Gasteiger partial charge >= 0.3 is 0 Å². The Morgan fingerprint density at radius 3 is 2.44 bits per heavy atom. The van der Waals surface area contributed by atoms with Crippen molar-refractivity contribution in [1.82, 2.24) is 0 Å². The van der Waals surface area contributed by atoms with Gasteiger partial charge in [-0.3, -0.25) is 4.72 Å². The number of fused-ring (bicyclic) bond motifs is 3. The summed E-state index contributed by atoms with van der Waals surface area (Å²) in [4.78, 5) is -0.0705. The lowest BCUT2D eigenvalue weighted by atomic mass is 10.1. The average Bonchev–Trinajstić information content (AvgIpc) is 2.95. The highest BCUT2D eigenvalue weighted by molar-refractivity contribution is 7.92. The molecule has 0 aliphatic rings. The predicted molar refractivity (Wildman–Crippen MR) is 101 cm³/mol. The molecule has 0 bridgehead atoms. The maximum absolute atomic E-state index is 12.6. The van der Waals surface area contributed by atoms with Gasteiger partial charge in [0.1, 0.15) is 16.1 Å². The summed E-state index contributed by atoms with van der Waals surface area (Å²) in [6.07, 6.45) is 0. The molecule has 4 rings (SSSR count). The molecule has 0 atom stereocenters. The molecule has 1 aromatic heterocycles. The molecule has 0 aliphatic heterocycles. The van der Waals surface area contributed by atoms with E-state index in [1.807, 2.05) is 24.3 Å². The molecule has 4 aromatic rings. The molecule has 0 spiro atoms. The quantitative estimate of drug-likeness (QED) is 0.487. The molecule has 1 N–H and O–H groups in total.